The molecule has 5 rings (SSSR count). The number of hydrogen-bond donors (Lipinski definition) is 1. The number of aryl methyl sites for hydroxylation is 2. The minimum Gasteiger partial charge on any atom is -0.351 e. The average molecular weight is 507 g/mol. The fourth-order valence-corrected chi connectivity index (χ4v) is 5.38. The van der Waals surface area contributed by atoms with Crippen LogP contribution in [-0.4, -0.2) is 14.7 Å². The fraction of sp³-hybridized carbons (Fsp3) is 0.214. The number of benzene rings is 2. The molecule has 1 saturated heterocycles. The van der Waals surface area contributed by atoms with Crippen molar-refractivity contribution in [3.63, 3.8) is 0 Å². The van der Waals surface area contributed by atoms with E-state index >= 15 is 0 Å². The number of anilines is 1. The first kappa shape index (κ1) is 24.1. The average Bonchev–Trinajstić information content (AvgIpc) is 3.34. The zero-order chi connectivity index (χ0) is 25.6. The van der Waals surface area contributed by atoms with Gasteiger partial charge in [0, 0.05) is 29.0 Å². The molecule has 1 N–H and O–H groups in total. The van der Waals surface area contributed by atoms with Gasteiger partial charge in [-0.25, -0.2) is 0 Å². The Bertz CT molecular complexity index is 1430. The minimum atomic E-state index is -4.42. The first-order valence-corrected chi connectivity index (χ1v) is 12.0. The van der Waals surface area contributed by atoms with E-state index < -0.39 is 11.7 Å². The Kier molecular flexibility index (Phi) is 6.08. The molecule has 36 heavy (non-hydrogen) atoms. The summed E-state index contributed by atoms with van der Waals surface area (Å²) in [7, 11) is 0. The largest absolute Gasteiger partial charge is 0.416 e. The standard InChI is InChI=1S/C28H25F3N4S/c1-17-8-6-10-21(14-17)35-26(25(33-27(35)36)24-12-4-5-13-32-24)23-15-18(2)34(19(23)3)22-11-7-9-20(16-22)28(29,30)31/h4-16,25-26H,1-3H3,(H,33,36)/t25-,26+/m0/s1. The summed E-state index contributed by atoms with van der Waals surface area (Å²) in [5.41, 5.74) is 5.33. The Morgan fingerprint density at radius 1 is 0.889 bits per heavy atom. The van der Waals surface area contributed by atoms with Gasteiger partial charge in [-0.2, -0.15) is 13.2 Å². The van der Waals surface area contributed by atoms with Crippen LogP contribution in [0.5, 0.6) is 0 Å². The van der Waals surface area contributed by atoms with E-state index in [0.717, 1.165) is 40.0 Å². The number of thiocarbonyl (C=S) groups is 1. The maximum absolute atomic E-state index is 13.4. The van der Waals surface area contributed by atoms with E-state index in [1.807, 2.05) is 67.8 Å². The van der Waals surface area contributed by atoms with Gasteiger partial charge < -0.3 is 14.8 Å². The van der Waals surface area contributed by atoms with Crippen LogP contribution in [0.2, 0.25) is 0 Å². The Balaban J connectivity index is 1.68. The molecule has 2 atom stereocenters. The highest BCUT2D eigenvalue weighted by atomic mass is 32.1. The normalized spacial score (nSPS) is 17.9. The molecule has 0 spiro atoms. The van der Waals surface area contributed by atoms with E-state index in [1.165, 1.54) is 12.1 Å². The van der Waals surface area contributed by atoms with Crippen LogP contribution in [0.3, 0.4) is 0 Å². The van der Waals surface area contributed by atoms with Crippen molar-refractivity contribution < 1.29 is 13.2 Å². The highest BCUT2D eigenvalue weighted by molar-refractivity contribution is 7.80. The van der Waals surface area contributed by atoms with Gasteiger partial charge in [-0.05, 0) is 92.6 Å². The maximum Gasteiger partial charge on any atom is 0.416 e. The molecule has 0 amide bonds. The maximum atomic E-state index is 13.4. The smallest absolute Gasteiger partial charge is 0.351 e. The lowest BCUT2D eigenvalue weighted by Gasteiger charge is -2.28. The Morgan fingerprint density at radius 3 is 2.33 bits per heavy atom. The van der Waals surface area contributed by atoms with E-state index in [9.17, 15) is 13.2 Å². The summed E-state index contributed by atoms with van der Waals surface area (Å²) < 4.78 is 42.2. The number of nitrogens with one attached hydrogen (secondary N) is 1. The number of nitrogens with zero attached hydrogens (tertiary/aromatic N) is 3. The van der Waals surface area contributed by atoms with Gasteiger partial charge in [0.2, 0.25) is 0 Å². The molecule has 0 saturated carbocycles. The molecule has 0 aliphatic carbocycles. The number of aromatic nitrogens is 2. The van der Waals surface area contributed by atoms with Crippen LogP contribution in [0.4, 0.5) is 18.9 Å². The van der Waals surface area contributed by atoms with Crippen LogP contribution in [0.15, 0.2) is 79.0 Å². The predicted octanol–water partition coefficient (Wildman–Crippen LogP) is 6.99. The van der Waals surface area contributed by atoms with Gasteiger partial charge in [0.25, 0.3) is 0 Å². The molecule has 0 radical (unpaired) electrons. The highest BCUT2D eigenvalue weighted by Gasteiger charge is 2.42. The van der Waals surface area contributed by atoms with Gasteiger partial charge in [0.05, 0.1) is 23.3 Å². The summed E-state index contributed by atoms with van der Waals surface area (Å²) >= 11 is 5.81. The Morgan fingerprint density at radius 2 is 1.64 bits per heavy atom. The van der Waals surface area contributed by atoms with Crippen LogP contribution in [0.25, 0.3) is 5.69 Å². The van der Waals surface area contributed by atoms with Crippen molar-refractivity contribution in [1.29, 1.82) is 0 Å². The molecule has 3 heterocycles. The van der Waals surface area contributed by atoms with Crippen molar-refractivity contribution in [3.05, 3.63) is 113 Å². The molecule has 4 aromatic rings. The molecule has 0 bridgehead atoms. The second kappa shape index (κ2) is 9.09. The van der Waals surface area contributed by atoms with Gasteiger partial charge in [-0.15, -0.1) is 0 Å². The van der Waals surface area contributed by atoms with Gasteiger partial charge in [0.15, 0.2) is 5.11 Å². The second-order valence-electron chi connectivity index (χ2n) is 9.05. The van der Waals surface area contributed by atoms with E-state index in [1.54, 1.807) is 12.3 Å². The first-order chi connectivity index (χ1) is 17.1. The van der Waals surface area contributed by atoms with Gasteiger partial charge in [-0.3, -0.25) is 4.98 Å². The fourth-order valence-electron chi connectivity index (χ4n) is 5.03. The third-order valence-electron chi connectivity index (χ3n) is 6.60. The molecule has 4 nitrogen and oxygen atoms in total. The summed E-state index contributed by atoms with van der Waals surface area (Å²) in [6.07, 6.45) is -2.67. The molecular weight excluding hydrogens is 481 g/mol. The van der Waals surface area contributed by atoms with Gasteiger partial charge in [0.1, 0.15) is 0 Å². The van der Waals surface area contributed by atoms with Crippen molar-refractivity contribution in [2.75, 3.05) is 4.90 Å². The molecule has 1 aliphatic rings. The molecular formula is C28H25F3N4S. The first-order valence-electron chi connectivity index (χ1n) is 11.6. The van der Waals surface area contributed by atoms with Crippen molar-refractivity contribution >= 4 is 23.0 Å². The summed E-state index contributed by atoms with van der Waals surface area (Å²) in [4.78, 5) is 6.67. The third kappa shape index (κ3) is 4.26. The Hall–Kier alpha value is -3.65. The van der Waals surface area contributed by atoms with Gasteiger partial charge >= 0.3 is 6.18 Å². The van der Waals surface area contributed by atoms with Crippen LogP contribution in [-0.2, 0) is 6.18 Å². The molecule has 184 valence electrons. The van der Waals surface area contributed by atoms with Crippen molar-refractivity contribution in [2.45, 2.75) is 39.0 Å². The molecule has 2 aromatic carbocycles. The second-order valence-corrected chi connectivity index (χ2v) is 9.43. The summed E-state index contributed by atoms with van der Waals surface area (Å²) in [6.45, 7) is 5.87. The van der Waals surface area contributed by atoms with Crippen molar-refractivity contribution in [3.8, 4) is 5.69 Å². The van der Waals surface area contributed by atoms with Crippen molar-refractivity contribution in [2.24, 2.45) is 0 Å². The number of halogens is 3. The van der Waals surface area contributed by atoms with Gasteiger partial charge in [-0.1, -0.05) is 24.3 Å². The van der Waals surface area contributed by atoms with E-state index in [-0.39, 0.29) is 12.1 Å². The summed E-state index contributed by atoms with van der Waals surface area (Å²) in [5, 5.41) is 4.02. The van der Waals surface area contributed by atoms with Crippen LogP contribution < -0.4 is 10.2 Å². The van der Waals surface area contributed by atoms with E-state index in [4.69, 9.17) is 12.2 Å². The quantitative estimate of drug-likeness (QED) is 0.302. The number of pyridine rings is 1. The minimum absolute atomic E-state index is 0.241. The monoisotopic (exact) mass is 506 g/mol. The SMILES string of the molecule is Cc1cccc(N2C(=S)N[C@@H](c3ccccn3)[C@H]2c2cc(C)n(-c3cccc(C(F)(F)F)c3)c2C)c1. The zero-order valence-corrected chi connectivity index (χ0v) is 20.9. The lowest BCUT2D eigenvalue weighted by Crippen LogP contribution is -2.29. The third-order valence-corrected chi connectivity index (χ3v) is 6.91. The molecule has 0 unspecified atom stereocenters. The van der Waals surface area contributed by atoms with E-state index in [0.29, 0.717) is 10.8 Å². The van der Waals surface area contributed by atoms with Crippen LogP contribution in [0, 0.1) is 20.8 Å². The molecule has 1 fully saturated rings. The zero-order valence-electron chi connectivity index (χ0n) is 20.0. The number of alkyl halides is 3. The molecule has 8 heteroatoms. The van der Waals surface area contributed by atoms with Crippen LogP contribution >= 0.6 is 12.2 Å². The lowest BCUT2D eigenvalue weighted by molar-refractivity contribution is -0.137. The summed E-state index contributed by atoms with van der Waals surface area (Å²) in [6, 6.07) is 20.8. The van der Waals surface area contributed by atoms with Crippen LogP contribution in [0.1, 0.15) is 45.9 Å². The lowest BCUT2D eigenvalue weighted by atomic mass is 9.96. The molecule has 1 aliphatic heterocycles. The predicted molar refractivity (Wildman–Crippen MR) is 139 cm³/mol. The summed E-state index contributed by atoms with van der Waals surface area (Å²) in [5.74, 6) is 0. The molecule has 2 aromatic heterocycles. The number of rotatable bonds is 4. The highest BCUT2D eigenvalue weighted by Crippen LogP contribution is 2.44. The Labute approximate surface area is 213 Å². The van der Waals surface area contributed by atoms with Crippen molar-refractivity contribution in [1.82, 2.24) is 14.9 Å². The number of hydrogen-bond acceptors (Lipinski definition) is 2. The topological polar surface area (TPSA) is 33.1 Å². The van der Waals surface area contributed by atoms with E-state index in [2.05, 4.69) is 21.3 Å².